The number of hydrogen-bond donors (Lipinski definition) is 0. The first-order chi connectivity index (χ1) is 27.8. The molecule has 7 aromatic rings. The van der Waals surface area contributed by atoms with Crippen LogP contribution in [0.5, 0.6) is 0 Å². The Bertz CT molecular complexity index is 2590. The Morgan fingerprint density at radius 3 is 1.46 bits per heavy atom. The molecule has 276 valence electrons. The Kier molecular flexibility index (Phi) is 9.53. The van der Waals surface area contributed by atoms with Crippen molar-refractivity contribution >= 4 is 0 Å². The SMILES string of the molecule is C[C@@H]1C[C@@H]2C[C@H](C)CC(c3ccc(-c4cc(-c5cccc(-c6ccccc6)c5)cc(-c5nc(-c6cccc(C#N)c6)nc(-c6cccc(C#N)c6)n5)c4)cc3)(C1)C2. The zero-order valence-electron chi connectivity index (χ0n) is 32.4. The first kappa shape index (κ1) is 36.0. The van der Waals surface area contributed by atoms with Crippen LogP contribution in [0.1, 0.15) is 62.6 Å². The molecule has 2 bridgehead atoms. The number of nitriles is 2. The van der Waals surface area contributed by atoms with Gasteiger partial charge >= 0.3 is 0 Å². The Hall–Kier alpha value is -6.69. The van der Waals surface area contributed by atoms with E-state index in [0.29, 0.717) is 39.7 Å². The molecule has 9 rings (SSSR count). The minimum absolute atomic E-state index is 0.257. The summed E-state index contributed by atoms with van der Waals surface area (Å²) in [4.78, 5) is 15.1. The van der Waals surface area contributed by atoms with E-state index < -0.39 is 0 Å². The summed E-state index contributed by atoms with van der Waals surface area (Å²) in [6.45, 7) is 4.90. The number of hydrogen-bond acceptors (Lipinski definition) is 5. The number of nitrogens with zero attached hydrogens (tertiary/aromatic N) is 5. The van der Waals surface area contributed by atoms with Gasteiger partial charge in [0.1, 0.15) is 0 Å². The van der Waals surface area contributed by atoms with Gasteiger partial charge in [0.25, 0.3) is 0 Å². The third-order valence-electron chi connectivity index (χ3n) is 12.1. The predicted molar refractivity (Wildman–Crippen MR) is 228 cm³/mol. The second-order valence-electron chi connectivity index (χ2n) is 16.5. The second kappa shape index (κ2) is 15.1. The first-order valence-electron chi connectivity index (χ1n) is 20.0. The molecule has 2 fully saturated rings. The molecule has 6 aromatic carbocycles. The van der Waals surface area contributed by atoms with Crippen molar-refractivity contribution < 1.29 is 0 Å². The number of fused-ring (bicyclic) bond motifs is 2. The molecule has 1 unspecified atom stereocenters. The van der Waals surface area contributed by atoms with Crippen LogP contribution in [0.3, 0.4) is 0 Å². The molecule has 0 aliphatic heterocycles. The molecule has 0 amide bonds. The van der Waals surface area contributed by atoms with Gasteiger partial charge in [0.05, 0.1) is 23.3 Å². The topological polar surface area (TPSA) is 86.2 Å². The molecule has 2 aliphatic rings. The largest absolute Gasteiger partial charge is 0.208 e. The lowest BCUT2D eigenvalue weighted by atomic mass is 9.54. The van der Waals surface area contributed by atoms with Gasteiger partial charge in [0.15, 0.2) is 17.5 Å². The zero-order valence-corrected chi connectivity index (χ0v) is 32.4. The summed E-state index contributed by atoms with van der Waals surface area (Å²) in [5.41, 5.74) is 11.7. The van der Waals surface area contributed by atoms with E-state index in [4.69, 9.17) is 15.0 Å². The fraction of sp³-hybridized carbons (Fsp3) is 0.212. The summed E-state index contributed by atoms with van der Waals surface area (Å²) in [6.07, 6.45) is 6.56. The molecule has 0 saturated heterocycles. The molecular formula is C52H43N5. The fourth-order valence-electron chi connectivity index (χ4n) is 9.89. The zero-order chi connectivity index (χ0) is 38.9. The van der Waals surface area contributed by atoms with Crippen molar-refractivity contribution in [3.05, 3.63) is 162 Å². The van der Waals surface area contributed by atoms with E-state index in [0.717, 1.165) is 56.7 Å². The average Bonchev–Trinajstić information content (AvgIpc) is 3.26. The van der Waals surface area contributed by atoms with Crippen molar-refractivity contribution in [3.8, 4) is 79.7 Å². The lowest BCUT2D eigenvalue weighted by Gasteiger charge is -2.50. The van der Waals surface area contributed by atoms with Crippen molar-refractivity contribution in [1.82, 2.24) is 15.0 Å². The number of benzene rings is 6. The highest BCUT2D eigenvalue weighted by atomic mass is 15.0. The third-order valence-corrected chi connectivity index (χ3v) is 12.1. The van der Waals surface area contributed by atoms with E-state index in [1.54, 1.807) is 24.3 Å². The summed E-state index contributed by atoms with van der Waals surface area (Å²) in [5.74, 6) is 3.75. The van der Waals surface area contributed by atoms with Crippen LogP contribution in [0.2, 0.25) is 0 Å². The molecular weight excluding hydrogens is 695 g/mol. The molecule has 0 radical (unpaired) electrons. The van der Waals surface area contributed by atoms with Crippen molar-refractivity contribution in [3.63, 3.8) is 0 Å². The van der Waals surface area contributed by atoms with Crippen LogP contribution < -0.4 is 0 Å². The van der Waals surface area contributed by atoms with E-state index in [9.17, 15) is 10.5 Å². The Labute approximate surface area is 335 Å². The number of rotatable bonds is 7. The van der Waals surface area contributed by atoms with Crippen LogP contribution in [0.15, 0.2) is 146 Å². The van der Waals surface area contributed by atoms with Crippen LogP contribution in [0.4, 0.5) is 0 Å². The van der Waals surface area contributed by atoms with Gasteiger partial charge in [-0.25, -0.2) is 15.0 Å². The van der Waals surface area contributed by atoms with E-state index in [2.05, 4.69) is 117 Å². The van der Waals surface area contributed by atoms with Crippen LogP contribution in [0.25, 0.3) is 67.5 Å². The van der Waals surface area contributed by atoms with Gasteiger partial charge in [0.2, 0.25) is 0 Å². The summed E-state index contributed by atoms with van der Waals surface area (Å²) in [5, 5.41) is 19.4. The van der Waals surface area contributed by atoms with E-state index >= 15 is 0 Å². The maximum Gasteiger partial charge on any atom is 0.164 e. The normalized spacial score (nSPS) is 20.0. The smallest absolute Gasteiger partial charge is 0.164 e. The van der Waals surface area contributed by atoms with E-state index in [1.807, 2.05) is 30.3 Å². The van der Waals surface area contributed by atoms with Crippen LogP contribution in [0, 0.1) is 40.4 Å². The summed E-state index contributed by atoms with van der Waals surface area (Å²) >= 11 is 0. The van der Waals surface area contributed by atoms with Gasteiger partial charge in [-0.2, -0.15) is 10.5 Å². The molecule has 5 heteroatoms. The van der Waals surface area contributed by atoms with Crippen molar-refractivity contribution in [1.29, 1.82) is 10.5 Å². The molecule has 1 aromatic heterocycles. The molecule has 57 heavy (non-hydrogen) atoms. The quantitative estimate of drug-likeness (QED) is 0.163. The molecule has 0 spiro atoms. The summed E-state index contributed by atoms with van der Waals surface area (Å²) in [7, 11) is 0. The molecule has 1 heterocycles. The molecule has 2 saturated carbocycles. The van der Waals surface area contributed by atoms with Crippen LogP contribution in [-0.2, 0) is 5.41 Å². The summed E-state index contributed by atoms with van der Waals surface area (Å²) in [6, 6.07) is 54.3. The highest BCUT2D eigenvalue weighted by molar-refractivity contribution is 5.82. The Morgan fingerprint density at radius 2 is 0.877 bits per heavy atom. The maximum absolute atomic E-state index is 9.72. The number of aromatic nitrogens is 3. The van der Waals surface area contributed by atoms with E-state index in [1.165, 1.54) is 37.7 Å². The van der Waals surface area contributed by atoms with Crippen LogP contribution in [-0.4, -0.2) is 15.0 Å². The van der Waals surface area contributed by atoms with Crippen molar-refractivity contribution in [2.24, 2.45) is 17.8 Å². The Balaban J connectivity index is 1.21. The van der Waals surface area contributed by atoms with Gasteiger partial charge in [-0.15, -0.1) is 0 Å². The van der Waals surface area contributed by atoms with Crippen molar-refractivity contribution in [2.45, 2.75) is 51.4 Å². The predicted octanol–water partition coefficient (Wildman–Crippen LogP) is 12.7. The average molecular weight is 738 g/mol. The highest BCUT2D eigenvalue weighted by Gasteiger charge is 2.45. The minimum Gasteiger partial charge on any atom is -0.208 e. The van der Waals surface area contributed by atoms with Gasteiger partial charge in [-0.05, 0) is 143 Å². The first-order valence-corrected chi connectivity index (χ1v) is 20.0. The Morgan fingerprint density at radius 1 is 0.439 bits per heavy atom. The molecule has 5 nitrogen and oxygen atoms in total. The fourth-order valence-corrected chi connectivity index (χ4v) is 9.89. The van der Waals surface area contributed by atoms with Crippen molar-refractivity contribution in [2.75, 3.05) is 0 Å². The molecule has 0 N–H and O–H groups in total. The van der Waals surface area contributed by atoms with Crippen LogP contribution >= 0.6 is 0 Å². The highest BCUT2D eigenvalue weighted by Crippen LogP contribution is 2.54. The van der Waals surface area contributed by atoms with Gasteiger partial charge in [-0.3, -0.25) is 0 Å². The van der Waals surface area contributed by atoms with Gasteiger partial charge < -0.3 is 0 Å². The van der Waals surface area contributed by atoms with Gasteiger partial charge in [0, 0.05) is 16.7 Å². The minimum atomic E-state index is 0.257. The molecule has 2 aliphatic carbocycles. The molecule has 4 atom stereocenters. The lowest BCUT2D eigenvalue weighted by Crippen LogP contribution is -2.42. The third kappa shape index (κ3) is 7.38. The van der Waals surface area contributed by atoms with E-state index in [-0.39, 0.29) is 5.41 Å². The monoisotopic (exact) mass is 737 g/mol. The second-order valence-corrected chi connectivity index (χ2v) is 16.5. The van der Waals surface area contributed by atoms with Gasteiger partial charge in [-0.1, -0.05) is 111 Å². The maximum atomic E-state index is 9.72. The standard InChI is InChI=1S/C52H43N5/c1-34-21-38-22-35(2)30-52(29-34,31-38)48-19-17-40(18-20-48)45-26-46(42-14-8-13-41(25-42)39-11-4-3-5-12-39)28-47(27-45)51-56-49(43-15-6-9-36(23-43)32-53)55-50(57-51)44-16-7-10-37(24-44)33-54/h3-20,23-28,34-35,38H,21-22,29-31H2,1-2H3/t34-,35+,38-,52?. The lowest BCUT2D eigenvalue weighted by molar-refractivity contribution is 0.0780. The summed E-state index contributed by atoms with van der Waals surface area (Å²) < 4.78 is 0.